The van der Waals surface area contributed by atoms with Gasteiger partial charge in [-0.25, -0.2) is 4.79 Å². The average molecular weight is 290 g/mol. The van der Waals surface area contributed by atoms with Gasteiger partial charge in [0.1, 0.15) is 0 Å². The number of rotatable bonds is 10. The monoisotopic (exact) mass is 289 g/mol. The molecule has 0 unspecified atom stereocenters. The molecule has 0 aromatic rings. The number of nitrogens with zero attached hydrogens (tertiary/aromatic N) is 1. The van der Waals surface area contributed by atoms with Crippen LogP contribution in [0.5, 0.6) is 0 Å². The Morgan fingerprint density at radius 1 is 0.947 bits per heavy atom. The SMILES string of the molecule is C=C(C)C(=O)[N+](C)(C)CCCCCCCCCC.[Cl-]. The molecule has 0 heterocycles. The van der Waals surface area contributed by atoms with Crippen molar-refractivity contribution in [1.82, 2.24) is 0 Å². The fourth-order valence-electron chi connectivity index (χ4n) is 2.26. The number of likely N-dealkylation sites (N-methyl/N-ethyl adjacent to an activating group) is 1. The Morgan fingerprint density at radius 3 is 1.79 bits per heavy atom. The van der Waals surface area contributed by atoms with Gasteiger partial charge in [0.05, 0.1) is 20.6 Å². The Morgan fingerprint density at radius 2 is 1.37 bits per heavy atom. The second kappa shape index (κ2) is 11.5. The van der Waals surface area contributed by atoms with Gasteiger partial charge in [0, 0.05) is 5.57 Å². The van der Waals surface area contributed by atoms with Crippen molar-refractivity contribution in [3.8, 4) is 0 Å². The second-order valence-corrected chi connectivity index (χ2v) is 5.97. The Bertz CT molecular complexity index is 261. The maximum Gasteiger partial charge on any atom is 0.340 e. The molecule has 0 rings (SSSR count). The molecule has 0 bridgehead atoms. The van der Waals surface area contributed by atoms with E-state index in [4.69, 9.17) is 0 Å². The third kappa shape index (κ3) is 10.1. The summed E-state index contributed by atoms with van der Waals surface area (Å²) < 4.78 is 0.450. The summed E-state index contributed by atoms with van der Waals surface area (Å²) in [7, 11) is 3.97. The zero-order chi connectivity index (χ0) is 14.0. The third-order valence-electron chi connectivity index (χ3n) is 3.49. The molecule has 0 saturated heterocycles. The van der Waals surface area contributed by atoms with Gasteiger partial charge in [0.2, 0.25) is 0 Å². The lowest BCUT2D eigenvalue weighted by atomic mass is 10.1. The molecule has 0 fully saturated rings. The van der Waals surface area contributed by atoms with E-state index < -0.39 is 0 Å². The Labute approximate surface area is 126 Å². The van der Waals surface area contributed by atoms with Gasteiger partial charge in [-0.3, -0.25) is 4.48 Å². The van der Waals surface area contributed by atoms with Crippen LogP contribution in [0.25, 0.3) is 0 Å². The lowest BCUT2D eigenvalue weighted by molar-refractivity contribution is -0.812. The molecular formula is C16H32ClNO. The highest BCUT2D eigenvalue weighted by molar-refractivity contribution is 5.86. The van der Waals surface area contributed by atoms with Gasteiger partial charge in [0.25, 0.3) is 0 Å². The van der Waals surface area contributed by atoms with Crippen LogP contribution in [0.2, 0.25) is 0 Å². The summed E-state index contributed by atoms with van der Waals surface area (Å²) in [5.74, 6) is 0.165. The van der Waals surface area contributed by atoms with E-state index in [0.717, 1.165) is 13.0 Å². The normalized spacial score (nSPS) is 10.9. The summed E-state index contributed by atoms with van der Waals surface area (Å²) in [5.41, 5.74) is 0.666. The lowest BCUT2D eigenvalue weighted by Crippen LogP contribution is -3.00. The molecule has 0 spiro atoms. The number of carbonyl (C=O) groups excluding carboxylic acids is 1. The third-order valence-corrected chi connectivity index (χ3v) is 3.49. The van der Waals surface area contributed by atoms with Crippen LogP contribution in [0.1, 0.15) is 65.2 Å². The van der Waals surface area contributed by atoms with E-state index in [-0.39, 0.29) is 18.3 Å². The number of amides is 1. The lowest BCUT2D eigenvalue weighted by Gasteiger charge is -2.26. The van der Waals surface area contributed by atoms with E-state index in [1.165, 1.54) is 44.9 Å². The van der Waals surface area contributed by atoms with Crippen molar-refractivity contribution < 1.29 is 21.7 Å². The molecule has 0 atom stereocenters. The highest BCUT2D eigenvalue weighted by Gasteiger charge is 2.25. The first kappa shape index (κ1) is 21.0. The predicted molar refractivity (Wildman–Crippen MR) is 79.4 cm³/mol. The zero-order valence-corrected chi connectivity index (χ0v) is 14.1. The molecule has 1 amide bonds. The quantitative estimate of drug-likeness (QED) is 0.337. The summed E-state index contributed by atoms with van der Waals surface area (Å²) >= 11 is 0. The van der Waals surface area contributed by atoms with Crippen LogP contribution in [0.4, 0.5) is 0 Å². The van der Waals surface area contributed by atoms with Crippen molar-refractivity contribution in [2.75, 3.05) is 20.6 Å². The van der Waals surface area contributed by atoms with Crippen LogP contribution in [-0.4, -0.2) is 31.0 Å². The molecule has 0 radical (unpaired) electrons. The Kier molecular flexibility index (Phi) is 12.7. The van der Waals surface area contributed by atoms with Crippen molar-refractivity contribution in [3.05, 3.63) is 12.2 Å². The van der Waals surface area contributed by atoms with E-state index in [1.54, 1.807) is 6.92 Å². The molecule has 19 heavy (non-hydrogen) atoms. The first-order valence-electron chi connectivity index (χ1n) is 7.45. The molecule has 3 heteroatoms. The standard InChI is InChI=1S/C16H32NO.ClH/c1-6-7-8-9-10-11-12-13-14-17(4,5)16(18)15(2)3;/h2,6-14H2,1,3-5H3;1H/q+1;/p-1. The largest absolute Gasteiger partial charge is 1.00 e. The van der Waals surface area contributed by atoms with E-state index >= 15 is 0 Å². The summed E-state index contributed by atoms with van der Waals surface area (Å²) in [5, 5.41) is 0. The highest BCUT2D eigenvalue weighted by atomic mass is 35.5. The molecule has 2 nitrogen and oxygen atoms in total. The number of halogens is 1. The van der Waals surface area contributed by atoms with Crippen LogP contribution in [0, 0.1) is 0 Å². The minimum atomic E-state index is 0. The number of hydrogen-bond donors (Lipinski definition) is 0. The molecule has 0 aromatic heterocycles. The minimum absolute atomic E-state index is 0. The number of carbonyl (C=O) groups is 1. The van der Waals surface area contributed by atoms with Crippen LogP contribution in [0.3, 0.4) is 0 Å². The summed E-state index contributed by atoms with van der Waals surface area (Å²) in [6, 6.07) is 0. The van der Waals surface area contributed by atoms with Crippen LogP contribution >= 0.6 is 0 Å². The molecule has 0 saturated carbocycles. The minimum Gasteiger partial charge on any atom is -1.00 e. The van der Waals surface area contributed by atoms with E-state index in [9.17, 15) is 4.79 Å². The fourth-order valence-corrected chi connectivity index (χ4v) is 2.26. The van der Waals surface area contributed by atoms with Gasteiger partial charge in [-0.1, -0.05) is 52.0 Å². The van der Waals surface area contributed by atoms with Crippen LogP contribution in [0.15, 0.2) is 12.2 Å². The highest BCUT2D eigenvalue weighted by Crippen LogP contribution is 2.12. The fraction of sp³-hybridized carbons (Fsp3) is 0.812. The summed E-state index contributed by atoms with van der Waals surface area (Å²) in [6.07, 6.45) is 10.5. The van der Waals surface area contributed by atoms with E-state index in [1.807, 2.05) is 14.1 Å². The van der Waals surface area contributed by atoms with Crippen molar-refractivity contribution in [1.29, 1.82) is 0 Å². The number of hydrogen-bond acceptors (Lipinski definition) is 1. The molecule has 114 valence electrons. The predicted octanol–water partition coefficient (Wildman–Crippen LogP) is 1.31. The first-order chi connectivity index (χ1) is 8.41. The Hall–Kier alpha value is -0.340. The molecule has 0 aliphatic rings. The first-order valence-corrected chi connectivity index (χ1v) is 7.45. The van der Waals surface area contributed by atoms with Gasteiger partial charge < -0.3 is 12.4 Å². The van der Waals surface area contributed by atoms with Gasteiger partial charge >= 0.3 is 5.91 Å². The number of quaternary nitrogens is 1. The van der Waals surface area contributed by atoms with Crippen LogP contribution < -0.4 is 12.4 Å². The number of unbranched alkanes of at least 4 members (excludes halogenated alkanes) is 7. The van der Waals surface area contributed by atoms with Gasteiger partial charge in [-0.05, 0) is 19.8 Å². The topological polar surface area (TPSA) is 17.1 Å². The Balaban J connectivity index is 0. The maximum atomic E-state index is 11.9. The van der Waals surface area contributed by atoms with Crippen molar-refractivity contribution >= 4 is 5.91 Å². The molecule has 0 aromatic carbocycles. The van der Waals surface area contributed by atoms with E-state index in [2.05, 4.69) is 13.5 Å². The van der Waals surface area contributed by atoms with Crippen LogP contribution in [-0.2, 0) is 4.79 Å². The molecular weight excluding hydrogens is 258 g/mol. The van der Waals surface area contributed by atoms with Crippen molar-refractivity contribution in [2.24, 2.45) is 0 Å². The molecule has 0 aliphatic carbocycles. The second-order valence-electron chi connectivity index (χ2n) is 5.97. The summed E-state index contributed by atoms with van der Waals surface area (Å²) in [6.45, 7) is 8.72. The molecule has 0 aliphatic heterocycles. The maximum absolute atomic E-state index is 11.9. The smallest absolute Gasteiger partial charge is 0.340 e. The molecule has 0 N–H and O–H groups in total. The van der Waals surface area contributed by atoms with E-state index in [0.29, 0.717) is 10.1 Å². The van der Waals surface area contributed by atoms with Crippen molar-refractivity contribution in [3.63, 3.8) is 0 Å². The summed E-state index contributed by atoms with van der Waals surface area (Å²) in [4.78, 5) is 11.9. The van der Waals surface area contributed by atoms with Gasteiger partial charge in [0.15, 0.2) is 0 Å². The van der Waals surface area contributed by atoms with Gasteiger partial charge in [-0.15, -0.1) is 0 Å². The van der Waals surface area contributed by atoms with Gasteiger partial charge in [-0.2, -0.15) is 0 Å². The zero-order valence-electron chi connectivity index (χ0n) is 13.3. The van der Waals surface area contributed by atoms with Crippen molar-refractivity contribution in [2.45, 2.75) is 65.2 Å². The average Bonchev–Trinajstić information content (AvgIpc) is 2.31.